The molecular formula is C31H39N3. The Labute approximate surface area is 206 Å². The number of aromatic nitrogens is 1. The third-order valence-corrected chi connectivity index (χ3v) is 6.29. The molecule has 3 aromatic rings. The third-order valence-electron chi connectivity index (χ3n) is 6.29. The van der Waals surface area contributed by atoms with Gasteiger partial charge in [0.15, 0.2) is 0 Å². The standard InChI is InChI=1S/C31H39N3/c1-9-21-31(7,8)25-16-11-13-18-29(25)33-23(3)27-20-14-19-26(34-27)22(2)32-28-17-12-10-15-24(28)30(4,5)6/h10-20H,9,21H2,1-8H3/b32-22+,33-23+. The van der Waals surface area contributed by atoms with Crippen LogP contribution < -0.4 is 0 Å². The van der Waals surface area contributed by atoms with Crippen LogP contribution in [0, 0.1) is 0 Å². The number of aliphatic imine (C=N–C) groups is 2. The predicted molar refractivity (Wildman–Crippen MR) is 147 cm³/mol. The quantitative estimate of drug-likeness (QED) is 0.329. The van der Waals surface area contributed by atoms with Gasteiger partial charge in [0.1, 0.15) is 0 Å². The van der Waals surface area contributed by atoms with Gasteiger partial charge in [0, 0.05) is 0 Å². The highest BCUT2D eigenvalue weighted by Crippen LogP contribution is 2.35. The predicted octanol–water partition coefficient (Wildman–Crippen LogP) is 8.74. The fraction of sp³-hybridized carbons (Fsp3) is 0.387. The van der Waals surface area contributed by atoms with Crippen molar-refractivity contribution in [3.8, 4) is 0 Å². The van der Waals surface area contributed by atoms with Crippen molar-refractivity contribution in [2.75, 3.05) is 0 Å². The zero-order chi connectivity index (χ0) is 24.9. The second-order valence-corrected chi connectivity index (χ2v) is 10.7. The first-order chi connectivity index (χ1) is 16.0. The first-order valence-electron chi connectivity index (χ1n) is 12.3. The maximum absolute atomic E-state index is 5.02. The molecule has 1 aromatic heterocycles. The summed E-state index contributed by atoms with van der Waals surface area (Å²) in [7, 11) is 0. The molecule has 0 bridgehead atoms. The second kappa shape index (κ2) is 10.5. The van der Waals surface area contributed by atoms with Gasteiger partial charge in [-0.15, -0.1) is 0 Å². The van der Waals surface area contributed by atoms with E-state index in [2.05, 4.69) is 84.0 Å². The van der Waals surface area contributed by atoms with Gasteiger partial charge in [-0.05, 0) is 66.5 Å². The Kier molecular flexibility index (Phi) is 7.86. The van der Waals surface area contributed by atoms with Crippen molar-refractivity contribution in [3.05, 3.63) is 89.2 Å². The van der Waals surface area contributed by atoms with Crippen molar-refractivity contribution in [3.63, 3.8) is 0 Å². The normalized spacial score (nSPS) is 13.3. The summed E-state index contributed by atoms with van der Waals surface area (Å²) in [5.41, 5.74) is 8.19. The van der Waals surface area contributed by atoms with Crippen LogP contribution in [0.3, 0.4) is 0 Å². The molecule has 2 aromatic carbocycles. The van der Waals surface area contributed by atoms with E-state index >= 15 is 0 Å². The molecule has 0 amide bonds. The highest BCUT2D eigenvalue weighted by Gasteiger charge is 2.22. The Hall–Kier alpha value is -3.07. The molecule has 0 atom stereocenters. The van der Waals surface area contributed by atoms with E-state index < -0.39 is 0 Å². The smallest absolute Gasteiger partial charge is 0.0849 e. The average molecular weight is 454 g/mol. The Morgan fingerprint density at radius 1 is 0.676 bits per heavy atom. The molecule has 0 spiro atoms. The summed E-state index contributed by atoms with van der Waals surface area (Å²) in [5, 5.41) is 0. The number of pyridine rings is 1. The van der Waals surface area contributed by atoms with Gasteiger partial charge in [0.25, 0.3) is 0 Å². The molecular weight excluding hydrogens is 414 g/mol. The Morgan fingerprint density at radius 2 is 1.15 bits per heavy atom. The zero-order valence-corrected chi connectivity index (χ0v) is 22.1. The summed E-state index contributed by atoms with van der Waals surface area (Å²) in [4.78, 5) is 14.9. The van der Waals surface area contributed by atoms with Crippen molar-refractivity contribution >= 4 is 22.8 Å². The van der Waals surface area contributed by atoms with Gasteiger partial charge in [-0.1, -0.05) is 90.4 Å². The highest BCUT2D eigenvalue weighted by molar-refractivity contribution is 6.02. The van der Waals surface area contributed by atoms with Crippen molar-refractivity contribution in [2.24, 2.45) is 9.98 Å². The summed E-state index contributed by atoms with van der Waals surface area (Å²) in [6.45, 7) is 17.6. The molecule has 0 saturated heterocycles. The lowest BCUT2D eigenvalue weighted by molar-refractivity contribution is 0.474. The van der Waals surface area contributed by atoms with Crippen LogP contribution in [0.15, 0.2) is 76.7 Å². The van der Waals surface area contributed by atoms with E-state index in [1.165, 1.54) is 11.1 Å². The summed E-state index contributed by atoms with van der Waals surface area (Å²) in [6, 6.07) is 22.9. The van der Waals surface area contributed by atoms with Gasteiger partial charge in [-0.2, -0.15) is 0 Å². The van der Waals surface area contributed by atoms with Crippen LogP contribution in [0.2, 0.25) is 0 Å². The number of benzene rings is 2. The zero-order valence-electron chi connectivity index (χ0n) is 22.1. The van der Waals surface area contributed by atoms with E-state index in [4.69, 9.17) is 15.0 Å². The van der Waals surface area contributed by atoms with Crippen LogP contribution in [-0.4, -0.2) is 16.4 Å². The molecule has 3 rings (SSSR count). The van der Waals surface area contributed by atoms with Gasteiger partial charge >= 0.3 is 0 Å². The molecule has 0 saturated carbocycles. The number of para-hydroxylation sites is 2. The van der Waals surface area contributed by atoms with Crippen molar-refractivity contribution < 1.29 is 0 Å². The first kappa shape index (κ1) is 25.6. The minimum Gasteiger partial charge on any atom is -0.251 e. The van der Waals surface area contributed by atoms with Crippen LogP contribution in [0.5, 0.6) is 0 Å². The molecule has 0 aliphatic heterocycles. The van der Waals surface area contributed by atoms with E-state index in [1.54, 1.807) is 0 Å². The van der Waals surface area contributed by atoms with Crippen molar-refractivity contribution in [1.29, 1.82) is 0 Å². The molecule has 0 aliphatic rings. The van der Waals surface area contributed by atoms with Crippen LogP contribution >= 0.6 is 0 Å². The van der Waals surface area contributed by atoms with Crippen molar-refractivity contribution in [1.82, 2.24) is 4.98 Å². The largest absolute Gasteiger partial charge is 0.251 e. The molecule has 34 heavy (non-hydrogen) atoms. The molecule has 0 N–H and O–H groups in total. The van der Waals surface area contributed by atoms with Gasteiger partial charge < -0.3 is 0 Å². The first-order valence-corrected chi connectivity index (χ1v) is 12.3. The number of hydrogen-bond donors (Lipinski definition) is 0. The van der Waals surface area contributed by atoms with E-state index in [1.807, 2.05) is 38.1 Å². The molecule has 3 heteroatoms. The second-order valence-electron chi connectivity index (χ2n) is 10.7. The average Bonchev–Trinajstić information content (AvgIpc) is 2.79. The number of hydrogen-bond acceptors (Lipinski definition) is 3. The van der Waals surface area contributed by atoms with E-state index in [0.29, 0.717) is 0 Å². The Balaban J connectivity index is 1.97. The monoisotopic (exact) mass is 453 g/mol. The fourth-order valence-electron chi connectivity index (χ4n) is 4.42. The highest BCUT2D eigenvalue weighted by atomic mass is 14.8. The maximum atomic E-state index is 5.02. The maximum Gasteiger partial charge on any atom is 0.0849 e. The summed E-state index contributed by atoms with van der Waals surface area (Å²) < 4.78 is 0. The van der Waals surface area contributed by atoms with Gasteiger partial charge in [-0.25, -0.2) is 4.98 Å². The van der Waals surface area contributed by atoms with Crippen LogP contribution in [0.25, 0.3) is 0 Å². The SMILES string of the molecule is CCCC(C)(C)c1ccccc1/N=C(\C)c1cccc(/C(C)=N/c2ccccc2C(C)(C)C)n1. The van der Waals surface area contributed by atoms with E-state index in [0.717, 1.165) is 47.0 Å². The molecule has 1 heterocycles. The molecule has 3 nitrogen and oxygen atoms in total. The lowest BCUT2D eigenvalue weighted by Crippen LogP contribution is -2.17. The third kappa shape index (κ3) is 6.08. The summed E-state index contributed by atoms with van der Waals surface area (Å²) >= 11 is 0. The van der Waals surface area contributed by atoms with Crippen molar-refractivity contribution in [2.45, 2.75) is 79.1 Å². The van der Waals surface area contributed by atoms with Crippen LogP contribution in [0.1, 0.15) is 90.7 Å². The molecule has 0 radical (unpaired) electrons. The van der Waals surface area contributed by atoms with Crippen LogP contribution in [0.4, 0.5) is 11.4 Å². The Bertz CT molecular complexity index is 1190. The van der Waals surface area contributed by atoms with Gasteiger partial charge in [0.2, 0.25) is 0 Å². The minimum atomic E-state index is 0.0256. The fourth-order valence-corrected chi connectivity index (χ4v) is 4.42. The van der Waals surface area contributed by atoms with Crippen LogP contribution in [-0.2, 0) is 10.8 Å². The van der Waals surface area contributed by atoms with Gasteiger partial charge in [0.05, 0.1) is 34.2 Å². The summed E-state index contributed by atoms with van der Waals surface area (Å²) in [6.07, 6.45) is 2.27. The summed E-state index contributed by atoms with van der Waals surface area (Å²) in [5.74, 6) is 0. The van der Waals surface area contributed by atoms with E-state index in [9.17, 15) is 0 Å². The van der Waals surface area contributed by atoms with Gasteiger partial charge in [-0.3, -0.25) is 9.98 Å². The lowest BCUT2D eigenvalue weighted by Gasteiger charge is -2.26. The Morgan fingerprint density at radius 3 is 1.65 bits per heavy atom. The minimum absolute atomic E-state index is 0.0256. The lowest BCUT2D eigenvalue weighted by atomic mass is 9.80. The molecule has 0 fully saturated rings. The molecule has 178 valence electrons. The number of rotatable bonds is 7. The topological polar surface area (TPSA) is 37.6 Å². The molecule has 0 aliphatic carbocycles. The van der Waals surface area contributed by atoms with E-state index in [-0.39, 0.29) is 10.8 Å². The number of nitrogens with zero attached hydrogens (tertiary/aromatic N) is 3. The molecule has 0 unspecified atom stereocenters.